The van der Waals surface area contributed by atoms with Gasteiger partial charge in [-0.1, -0.05) is 24.3 Å². The molecule has 0 saturated carbocycles. The Bertz CT molecular complexity index is 510. The van der Waals surface area contributed by atoms with Crippen LogP contribution in [-0.4, -0.2) is 16.9 Å². The van der Waals surface area contributed by atoms with Crippen molar-refractivity contribution >= 4 is 22.5 Å². The number of Topliss-reactive ketones (excluding diaryl/α,β-unsaturated/α-hetero) is 1. The van der Waals surface area contributed by atoms with Gasteiger partial charge in [-0.25, -0.2) is 4.79 Å². The number of aliphatic carboxylic acids is 1. The van der Waals surface area contributed by atoms with Gasteiger partial charge in [0.1, 0.15) is 0 Å². The molecule has 2 rings (SSSR count). The van der Waals surface area contributed by atoms with Crippen molar-refractivity contribution in [1.29, 1.82) is 0 Å². The first-order valence-electron chi connectivity index (χ1n) is 3.94. The zero-order valence-electron chi connectivity index (χ0n) is 7.06. The third kappa shape index (κ3) is 1.17. The molecule has 0 aliphatic rings. The van der Waals surface area contributed by atoms with Crippen molar-refractivity contribution in [2.75, 3.05) is 0 Å². The molecule has 2 aromatic rings. The topological polar surface area (TPSA) is 67.5 Å². The Morgan fingerprint density at radius 2 is 1.93 bits per heavy atom. The molecule has 1 aromatic heterocycles. The highest BCUT2D eigenvalue weighted by atomic mass is 16.4. The first-order valence-corrected chi connectivity index (χ1v) is 3.94. The standard InChI is InChI=1S/C10H6O4/c11-8(10(12)13)9-7-4-2-1-3-6(7)5-14-9/h1-5H,(H,12,13). The number of carboxylic acid groups (broad SMARTS) is 1. The Hall–Kier alpha value is -2.10. The molecule has 0 radical (unpaired) electrons. The van der Waals surface area contributed by atoms with Crippen LogP contribution in [0.3, 0.4) is 0 Å². The highest BCUT2D eigenvalue weighted by molar-refractivity contribution is 6.41. The van der Waals surface area contributed by atoms with Gasteiger partial charge in [0.2, 0.25) is 0 Å². The molecule has 0 amide bonds. The number of carboxylic acids is 1. The first-order chi connectivity index (χ1) is 6.70. The number of furan rings is 1. The summed E-state index contributed by atoms with van der Waals surface area (Å²) >= 11 is 0. The number of hydrogen-bond donors (Lipinski definition) is 1. The van der Waals surface area contributed by atoms with Crippen LogP contribution in [0.15, 0.2) is 34.9 Å². The van der Waals surface area contributed by atoms with E-state index in [1.54, 1.807) is 24.3 Å². The van der Waals surface area contributed by atoms with Crippen LogP contribution in [0, 0.1) is 0 Å². The van der Waals surface area contributed by atoms with E-state index < -0.39 is 11.8 Å². The fourth-order valence-corrected chi connectivity index (χ4v) is 1.27. The van der Waals surface area contributed by atoms with Crippen molar-refractivity contribution in [1.82, 2.24) is 0 Å². The third-order valence-electron chi connectivity index (χ3n) is 1.91. The lowest BCUT2D eigenvalue weighted by Crippen LogP contribution is -2.11. The number of benzene rings is 1. The maximum absolute atomic E-state index is 11.1. The summed E-state index contributed by atoms with van der Waals surface area (Å²) in [4.78, 5) is 21.6. The molecule has 1 N–H and O–H groups in total. The Labute approximate surface area is 78.8 Å². The molecule has 0 saturated heterocycles. The van der Waals surface area contributed by atoms with Crippen LogP contribution in [-0.2, 0) is 4.79 Å². The fraction of sp³-hybridized carbons (Fsp3) is 0. The maximum atomic E-state index is 11.1. The maximum Gasteiger partial charge on any atom is 0.380 e. The molecule has 4 heteroatoms. The fourth-order valence-electron chi connectivity index (χ4n) is 1.27. The minimum Gasteiger partial charge on any atom is -0.475 e. The Morgan fingerprint density at radius 1 is 1.21 bits per heavy atom. The molecule has 1 heterocycles. The molecule has 1 aromatic carbocycles. The molecule has 14 heavy (non-hydrogen) atoms. The number of hydrogen-bond acceptors (Lipinski definition) is 3. The van der Waals surface area contributed by atoms with Gasteiger partial charge in [0.05, 0.1) is 6.26 Å². The number of carbonyl (C=O) groups is 2. The van der Waals surface area contributed by atoms with Crippen molar-refractivity contribution < 1.29 is 19.1 Å². The van der Waals surface area contributed by atoms with Crippen molar-refractivity contribution in [2.45, 2.75) is 0 Å². The highest BCUT2D eigenvalue weighted by Crippen LogP contribution is 2.20. The van der Waals surface area contributed by atoms with Gasteiger partial charge in [-0.2, -0.15) is 0 Å². The van der Waals surface area contributed by atoms with Gasteiger partial charge in [-0.15, -0.1) is 0 Å². The molecule has 0 aliphatic carbocycles. The van der Waals surface area contributed by atoms with Crippen LogP contribution in [0.25, 0.3) is 10.8 Å². The van der Waals surface area contributed by atoms with Gasteiger partial charge in [-0.3, -0.25) is 4.79 Å². The second-order valence-electron chi connectivity index (χ2n) is 2.79. The van der Waals surface area contributed by atoms with Gasteiger partial charge in [-0.05, 0) is 0 Å². The van der Waals surface area contributed by atoms with Crippen LogP contribution >= 0.6 is 0 Å². The molecular formula is C10H6O4. The third-order valence-corrected chi connectivity index (χ3v) is 1.91. The van der Waals surface area contributed by atoms with Gasteiger partial charge in [0, 0.05) is 10.8 Å². The first kappa shape index (κ1) is 8.50. The molecule has 0 atom stereocenters. The van der Waals surface area contributed by atoms with E-state index in [9.17, 15) is 9.59 Å². The van der Waals surface area contributed by atoms with E-state index in [4.69, 9.17) is 9.52 Å². The summed E-state index contributed by atoms with van der Waals surface area (Å²) in [6.45, 7) is 0. The van der Waals surface area contributed by atoms with Gasteiger partial charge < -0.3 is 9.52 Å². The zero-order valence-corrected chi connectivity index (χ0v) is 7.06. The predicted molar refractivity (Wildman–Crippen MR) is 48.2 cm³/mol. The molecule has 4 nitrogen and oxygen atoms in total. The van der Waals surface area contributed by atoms with Crippen molar-refractivity contribution in [2.24, 2.45) is 0 Å². The van der Waals surface area contributed by atoms with E-state index in [2.05, 4.69) is 0 Å². The van der Waals surface area contributed by atoms with Crippen LogP contribution < -0.4 is 0 Å². The second kappa shape index (κ2) is 2.99. The van der Waals surface area contributed by atoms with E-state index in [1.165, 1.54) is 6.26 Å². The lowest BCUT2D eigenvalue weighted by molar-refractivity contribution is -0.131. The van der Waals surface area contributed by atoms with Crippen molar-refractivity contribution in [3.63, 3.8) is 0 Å². The molecule has 0 unspecified atom stereocenters. The second-order valence-corrected chi connectivity index (χ2v) is 2.79. The summed E-state index contributed by atoms with van der Waals surface area (Å²) in [5, 5.41) is 9.75. The molecule has 0 fully saturated rings. The largest absolute Gasteiger partial charge is 0.475 e. The van der Waals surface area contributed by atoms with Gasteiger partial charge in [0.15, 0.2) is 5.76 Å². The minimum atomic E-state index is -1.51. The molecule has 70 valence electrons. The number of carbonyl (C=O) groups excluding carboxylic acids is 1. The average molecular weight is 190 g/mol. The highest BCUT2D eigenvalue weighted by Gasteiger charge is 2.20. The molecule has 0 spiro atoms. The Balaban J connectivity index is 2.64. The van der Waals surface area contributed by atoms with Crippen molar-refractivity contribution in [3.05, 3.63) is 36.3 Å². The minimum absolute atomic E-state index is 0.117. The molecular weight excluding hydrogens is 184 g/mol. The Morgan fingerprint density at radius 3 is 2.64 bits per heavy atom. The SMILES string of the molecule is O=C(O)C(=O)c1occ2ccccc12. The van der Waals surface area contributed by atoms with Crippen LogP contribution in [0.1, 0.15) is 10.6 Å². The summed E-state index contributed by atoms with van der Waals surface area (Å²) < 4.78 is 4.91. The average Bonchev–Trinajstić information content (AvgIpc) is 2.60. The smallest absolute Gasteiger partial charge is 0.380 e. The van der Waals surface area contributed by atoms with E-state index in [0.717, 1.165) is 5.39 Å². The van der Waals surface area contributed by atoms with Crippen LogP contribution in [0.5, 0.6) is 0 Å². The normalized spacial score (nSPS) is 10.3. The van der Waals surface area contributed by atoms with Crippen molar-refractivity contribution in [3.8, 4) is 0 Å². The molecule has 0 aliphatic heterocycles. The molecule has 0 bridgehead atoms. The predicted octanol–water partition coefficient (Wildman–Crippen LogP) is 1.70. The van der Waals surface area contributed by atoms with Gasteiger partial charge >= 0.3 is 11.8 Å². The summed E-state index contributed by atoms with van der Waals surface area (Å²) in [7, 11) is 0. The van der Waals surface area contributed by atoms with E-state index in [-0.39, 0.29) is 5.76 Å². The number of rotatable bonds is 2. The summed E-state index contributed by atoms with van der Waals surface area (Å²) in [6, 6.07) is 6.90. The van der Waals surface area contributed by atoms with E-state index in [0.29, 0.717) is 5.39 Å². The summed E-state index contributed by atoms with van der Waals surface area (Å²) in [6.07, 6.45) is 1.37. The zero-order chi connectivity index (χ0) is 10.1. The lowest BCUT2D eigenvalue weighted by Gasteiger charge is -1.90. The van der Waals surface area contributed by atoms with Crippen LogP contribution in [0.2, 0.25) is 0 Å². The number of fused-ring (bicyclic) bond motifs is 1. The Kier molecular flexibility index (Phi) is 1.81. The number of ketones is 1. The quantitative estimate of drug-likeness (QED) is 0.578. The summed E-state index contributed by atoms with van der Waals surface area (Å²) in [5.41, 5.74) is 0. The van der Waals surface area contributed by atoms with Gasteiger partial charge in [0.25, 0.3) is 0 Å². The van der Waals surface area contributed by atoms with E-state index in [1.807, 2.05) is 0 Å². The van der Waals surface area contributed by atoms with Crippen LogP contribution in [0.4, 0.5) is 0 Å². The lowest BCUT2D eigenvalue weighted by atomic mass is 10.1. The summed E-state index contributed by atoms with van der Waals surface area (Å²) in [5.74, 6) is -2.65. The van der Waals surface area contributed by atoms with E-state index >= 15 is 0 Å². The monoisotopic (exact) mass is 190 g/mol.